The largest absolute Gasteiger partial charge is 0.382 e. The number of benzene rings is 1. The molecule has 0 aliphatic carbocycles. The van der Waals surface area contributed by atoms with Crippen molar-refractivity contribution >= 4 is 13.3 Å². The van der Waals surface area contributed by atoms with Crippen LogP contribution in [0.4, 0.5) is 0 Å². The third-order valence-corrected chi connectivity index (χ3v) is 4.84. The van der Waals surface area contributed by atoms with E-state index in [4.69, 9.17) is 4.74 Å². The molecule has 0 spiro atoms. The highest BCUT2D eigenvalue weighted by Crippen LogP contribution is 2.02. The van der Waals surface area contributed by atoms with Crippen molar-refractivity contribution in [3.8, 4) is 0 Å². The van der Waals surface area contributed by atoms with Crippen molar-refractivity contribution in [2.75, 3.05) is 6.23 Å². The first-order valence-electron chi connectivity index (χ1n) is 4.09. The Morgan fingerprint density at radius 3 is 2.33 bits per heavy atom. The maximum atomic E-state index is 4.97. The van der Waals surface area contributed by atoms with Gasteiger partial charge in [0.2, 0.25) is 0 Å². The molecule has 0 fully saturated rings. The van der Waals surface area contributed by atoms with E-state index in [0.717, 1.165) is 6.23 Å². The molecule has 65 valence electrons. The highest BCUT2D eigenvalue weighted by molar-refractivity contribution is 6.89. The molecule has 1 nitrogen and oxygen atoms in total. The van der Waals surface area contributed by atoms with Crippen LogP contribution in [0.3, 0.4) is 0 Å². The molecule has 0 aliphatic rings. The predicted octanol–water partition coefficient (Wildman–Crippen LogP) is 1.95. The van der Waals surface area contributed by atoms with E-state index in [-0.39, 0.29) is 0 Å². The summed E-state index contributed by atoms with van der Waals surface area (Å²) in [4.78, 5) is 0. The Morgan fingerprint density at radius 2 is 1.83 bits per heavy atom. The van der Waals surface area contributed by atoms with Crippen LogP contribution in [-0.2, 0) is 4.74 Å². The minimum Gasteiger partial charge on any atom is -0.382 e. The number of hydrogen-bond donors (Lipinski definition) is 0. The fourth-order valence-electron chi connectivity index (χ4n) is 1.23. The summed E-state index contributed by atoms with van der Waals surface area (Å²) in [7, 11) is 2.07. The van der Waals surface area contributed by atoms with E-state index in [1.807, 2.05) is 6.07 Å². The van der Waals surface area contributed by atoms with Crippen LogP contribution in [-0.4, -0.2) is 14.3 Å². The van der Waals surface area contributed by atoms with Gasteiger partial charge in [-0.25, -0.2) is 0 Å². The fraction of sp³-hybridized carbons (Fsp3) is 0.300. The van der Waals surface area contributed by atoms with Crippen molar-refractivity contribution in [3.05, 3.63) is 37.4 Å². The van der Waals surface area contributed by atoms with Crippen LogP contribution < -0.4 is 5.19 Å². The zero-order valence-corrected chi connectivity index (χ0v) is 8.71. The van der Waals surface area contributed by atoms with E-state index in [0.29, 0.717) is 0 Å². The monoisotopic (exact) mass is 179 g/mol. The lowest BCUT2D eigenvalue weighted by molar-refractivity contribution is 0.297. The second-order valence-electron chi connectivity index (χ2n) is 3.60. The minimum atomic E-state index is -1.36. The lowest BCUT2D eigenvalue weighted by Gasteiger charge is -2.21. The predicted molar refractivity (Wildman–Crippen MR) is 54.9 cm³/mol. The van der Waals surface area contributed by atoms with Crippen molar-refractivity contribution in [1.29, 1.82) is 0 Å². The summed E-state index contributed by atoms with van der Waals surface area (Å²) in [6.45, 7) is 4.57. The van der Waals surface area contributed by atoms with E-state index in [2.05, 4.69) is 44.5 Å². The van der Waals surface area contributed by atoms with E-state index in [9.17, 15) is 0 Å². The van der Waals surface area contributed by atoms with Gasteiger partial charge < -0.3 is 4.74 Å². The zero-order valence-electron chi connectivity index (χ0n) is 7.71. The third kappa shape index (κ3) is 2.19. The third-order valence-electron chi connectivity index (χ3n) is 2.02. The summed E-state index contributed by atoms with van der Waals surface area (Å²) in [5, 5.41) is 1.42. The van der Waals surface area contributed by atoms with Gasteiger partial charge in [0.05, 0.1) is 7.11 Å². The minimum absolute atomic E-state index is 0.789. The highest BCUT2D eigenvalue weighted by atomic mass is 28.3. The van der Waals surface area contributed by atoms with E-state index in [1.54, 1.807) is 0 Å². The maximum absolute atomic E-state index is 4.97. The molecule has 12 heavy (non-hydrogen) atoms. The second kappa shape index (κ2) is 3.87. The molecule has 0 bridgehead atoms. The van der Waals surface area contributed by atoms with Crippen LogP contribution in [0.5, 0.6) is 0 Å². The quantitative estimate of drug-likeness (QED) is 0.644. The molecule has 1 aromatic rings. The molecule has 1 aromatic carbocycles. The van der Waals surface area contributed by atoms with Gasteiger partial charge in [-0.3, -0.25) is 0 Å². The van der Waals surface area contributed by atoms with Crippen LogP contribution in [0.1, 0.15) is 0 Å². The first-order valence-corrected chi connectivity index (χ1v) is 7.30. The van der Waals surface area contributed by atoms with Crippen molar-refractivity contribution in [1.82, 2.24) is 0 Å². The summed E-state index contributed by atoms with van der Waals surface area (Å²) in [5.41, 5.74) is 0. The Morgan fingerprint density at radius 1 is 1.25 bits per heavy atom. The maximum Gasteiger partial charge on any atom is 0.109 e. The first-order chi connectivity index (χ1) is 5.67. The van der Waals surface area contributed by atoms with E-state index in [1.165, 1.54) is 5.19 Å². The molecule has 0 atom stereocenters. The SMILES string of the molecule is [CH2]OC[Si](C)(C)c1ccccc1. The lowest BCUT2D eigenvalue weighted by Crippen LogP contribution is -2.45. The van der Waals surface area contributed by atoms with Gasteiger partial charge in [0.15, 0.2) is 0 Å². The van der Waals surface area contributed by atoms with E-state index < -0.39 is 8.07 Å². The van der Waals surface area contributed by atoms with Gasteiger partial charge >= 0.3 is 0 Å². The first kappa shape index (κ1) is 9.48. The Hall–Kier alpha value is -0.603. The van der Waals surface area contributed by atoms with Gasteiger partial charge in [-0.1, -0.05) is 48.6 Å². The Kier molecular flexibility index (Phi) is 3.06. The molecule has 1 radical (unpaired) electrons. The van der Waals surface area contributed by atoms with Crippen LogP contribution in [0.25, 0.3) is 0 Å². The number of hydrogen-bond acceptors (Lipinski definition) is 1. The van der Waals surface area contributed by atoms with Gasteiger partial charge in [-0.15, -0.1) is 0 Å². The van der Waals surface area contributed by atoms with Crippen LogP contribution in [0.2, 0.25) is 13.1 Å². The molecular formula is C10H15OSi. The van der Waals surface area contributed by atoms with Crippen molar-refractivity contribution in [3.63, 3.8) is 0 Å². The summed E-state index contributed by atoms with van der Waals surface area (Å²) in [6.07, 6.45) is 0.789. The van der Waals surface area contributed by atoms with Gasteiger partial charge in [-0.2, -0.15) is 0 Å². The summed E-state index contributed by atoms with van der Waals surface area (Å²) < 4.78 is 4.97. The topological polar surface area (TPSA) is 9.23 Å². The fourth-order valence-corrected chi connectivity index (χ4v) is 3.00. The van der Waals surface area contributed by atoms with E-state index >= 15 is 0 Å². The van der Waals surface area contributed by atoms with Crippen LogP contribution >= 0.6 is 0 Å². The average Bonchev–Trinajstić information content (AvgIpc) is 2.06. The van der Waals surface area contributed by atoms with Crippen molar-refractivity contribution in [2.45, 2.75) is 13.1 Å². The molecule has 0 N–H and O–H groups in total. The smallest absolute Gasteiger partial charge is 0.109 e. The lowest BCUT2D eigenvalue weighted by atomic mass is 10.4. The Balaban J connectivity index is 2.82. The second-order valence-corrected chi connectivity index (χ2v) is 8.23. The number of ether oxygens (including phenoxy) is 1. The standard InChI is InChI=1S/C10H15OSi/c1-11-9-12(2,3)10-7-5-4-6-8-10/h4-8H,1,9H2,2-3H3. The van der Waals surface area contributed by atoms with Crippen LogP contribution in [0.15, 0.2) is 30.3 Å². The van der Waals surface area contributed by atoms with Crippen molar-refractivity contribution in [2.24, 2.45) is 0 Å². The summed E-state index contributed by atoms with van der Waals surface area (Å²) in [6, 6.07) is 10.5. The normalized spacial score (nSPS) is 11.6. The molecule has 0 amide bonds. The molecule has 1 rings (SSSR count). The van der Waals surface area contributed by atoms with Gasteiger partial charge in [0.1, 0.15) is 8.07 Å². The average molecular weight is 179 g/mol. The molecule has 0 saturated heterocycles. The van der Waals surface area contributed by atoms with Gasteiger partial charge in [0.25, 0.3) is 0 Å². The van der Waals surface area contributed by atoms with Crippen molar-refractivity contribution < 1.29 is 4.74 Å². The molecule has 2 heteroatoms. The molecule has 0 saturated carbocycles. The molecule has 0 aliphatic heterocycles. The van der Waals surface area contributed by atoms with Crippen LogP contribution in [0, 0.1) is 7.11 Å². The molecular weight excluding hydrogens is 164 g/mol. The molecule has 0 unspecified atom stereocenters. The molecule has 0 aromatic heterocycles. The molecule has 0 heterocycles. The Bertz CT molecular complexity index is 231. The summed E-state index contributed by atoms with van der Waals surface area (Å²) >= 11 is 0. The number of rotatable bonds is 3. The van der Waals surface area contributed by atoms with Gasteiger partial charge in [-0.05, 0) is 0 Å². The van der Waals surface area contributed by atoms with Gasteiger partial charge in [0, 0.05) is 6.23 Å². The zero-order chi connectivity index (χ0) is 9.03. The summed E-state index contributed by atoms with van der Waals surface area (Å²) in [5.74, 6) is 0. The Labute approximate surface area is 75.4 Å². The highest BCUT2D eigenvalue weighted by Gasteiger charge is 2.22.